The number of rotatable bonds is 3. The van der Waals surface area contributed by atoms with Gasteiger partial charge < -0.3 is 10.6 Å². The molecule has 1 atom stereocenters. The van der Waals surface area contributed by atoms with Gasteiger partial charge in [-0.05, 0) is 19.4 Å². The Bertz CT molecular complexity index is 778. The van der Waals surface area contributed by atoms with Crippen LogP contribution in [0.15, 0.2) is 24.3 Å². The van der Waals surface area contributed by atoms with Gasteiger partial charge in [-0.3, -0.25) is 14.9 Å². The van der Waals surface area contributed by atoms with Gasteiger partial charge in [-0.15, -0.1) is 17.5 Å². The highest BCUT2D eigenvalue weighted by Crippen LogP contribution is 2.19. The number of nitro groups is 1. The molecule has 0 radical (unpaired) electrons. The first kappa shape index (κ1) is 17.8. The SMILES string of the molecule is Cc1c(C(=O)N2CC[C@@H](N)C2)nnn1-c1cccc([N+](=O)[O-])c1.Cl. The van der Waals surface area contributed by atoms with Gasteiger partial charge >= 0.3 is 0 Å². The van der Waals surface area contributed by atoms with Crippen LogP contribution in [0.2, 0.25) is 0 Å². The lowest BCUT2D eigenvalue weighted by atomic mass is 10.2. The fourth-order valence-electron chi connectivity index (χ4n) is 2.63. The molecule has 1 aliphatic rings. The first-order valence-corrected chi connectivity index (χ1v) is 7.19. The molecule has 1 amide bonds. The average Bonchev–Trinajstić information content (AvgIpc) is 3.13. The molecule has 1 fully saturated rings. The van der Waals surface area contributed by atoms with Crippen molar-refractivity contribution in [1.29, 1.82) is 0 Å². The molecule has 0 aliphatic carbocycles. The number of non-ortho nitro benzene ring substituents is 1. The summed E-state index contributed by atoms with van der Waals surface area (Å²) in [4.78, 5) is 24.5. The summed E-state index contributed by atoms with van der Waals surface area (Å²) in [5.74, 6) is -0.216. The molecular formula is C14H17ClN6O3. The number of aromatic nitrogens is 3. The highest BCUT2D eigenvalue weighted by Gasteiger charge is 2.28. The summed E-state index contributed by atoms with van der Waals surface area (Å²) < 4.78 is 1.43. The lowest BCUT2D eigenvalue weighted by molar-refractivity contribution is -0.384. The lowest BCUT2D eigenvalue weighted by Crippen LogP contribution is -2.32. The third-order valence-electron chi connectivity index (χ3n) is 3.89. The van der Waals surface area contributed by atoms with Crippen LogP contribution in [0.4, 0.5) is 5.69 Å². The van der Waals surface area contributed by atoms with E-state index in [9.17, 15) is 14.9 Å². The molecule has 0 unspecified atom stereocenters. The van der Waals surface area contributed by atoms with Gasteiger partial charge in [0.25, 0.3) is 11.6 Å². The smallest absolute Gasteiger partial charge is 0.276 e. The number of hydrogen-bond donors (Lipinski definition) is 1. The molecule has 2 aromatic rings. The summed E-state index contributed by atoms with van der Waals surface area (Å²) in [6.07, 6.45) is 0.768. The summed E-state index contributed by atoms with van der Waals surface area (Å²) in [5.41, 5.74) is 7.04. The largest absolute Gasteiger partial charge is 0.336 e. The van der Waals surface area contributed by atoms with Crippen molar-refractivity contribution in [2.24, 2.45) is 5.73 Å². The summed E-state index contributed by atoms with van der Waals surface area (Å²) >= 11 is 0. The predicted octanol–water partition coefficient (Wildman–Crippen LogP) is 1.08. The van der Waals surface area contributed by atoms with Crippen molar-refractivity contribution in [3.05, 3.63) is 45.8 Å². The first-order valence-electron chi connectivity index (χ1n) is 7.19. The first-order chi connectivity index (χ1) is 11.0. The molecule has 0 saturated carbocycles. The predicted molar refractivity (Wildman–Crippen MR) is 88.5 cm³/mol. The number of carbonyl (C=O) groups excluding carboxylic acids is 1. The minimum atomic E-state index is -0.479. The molecule has 1 aromatic heterocycles. The van der Waals surface area contributed by atoms with Crippen LogP contribution in [0, 0.1) is 17.0 Å². The number of hydrogen-bond acceptors (Lipinski definition) is 6. The van der Waals surface area contributed by atoms with Crippen LogP contribution >= 0.6 is 12.4 Å². The van der Waals surface area contributed by atoms with E-state index >= 15 is 0 Å². The zero-order valence-corrected chi connectivity index (χ0v) is 13.8. The average molecular weight is 353 g/mol. The van der Waals surface area contributed by atoms with Gasteiger partial charge in [-0.1, -0.05) is 11.3 Å². The van der Waals surface area contributed by atoms with Crippen molar-refractivity contribution < 1.29 is 9.72 Å². The van der Waals surface area contributed by atoms with E-state index in [4.69, 9.17) is 5.73 Å². The van der Waals surface area contributed by atoms with E-state index in [0.717, 1.165) is 6.42 Å². The Labute approximate surface area is 144 Å². The maximum atomic E-state index is 12.5. The van der Waals surface area contributed by atoms with Crippen molar-refractivity contribution >= 4 is 24.0 Å². The molecule has 0 spiro atoms. The second-order valence-corrected chi connectivity index (χ2v) is 5.51. The fraction of sp³-hybridized carbons (Fsp3) is 0.357. The van der Waals surface area contributed by atoms with Crippen molar-refractivity contribution in [3.63, 3.8) is 0 Å². The normalized spacial score (nSPS) is 16.8. The van der Waals surface area contributed by atoms with E-state index in [-0.39, 0.29) is 35.7 Å². The molecule has 10 heteroatoms. The Morgan fingerprint density at radius 1 is 1.46 bits per heavy atom. The zero-order chi connectivity index (χ0) is 16.6. The van der Waals surface area contributed by atoms with Crippen LogP contribution in [-0.2, 0) is 0 Å². The Morgan fingerprint density at radius 2 is 2.21 bits per heavy atom. The minimum Gasteiger partial charge on any atom is -0.336 e. The summed E-state index contributed by atoms with van der Waals surface area (Å²) in [5, 5.41) is 18.8. The van der Waals surface area contributed by atoms with Gasteiger partial charge in [-0.25, -0.2) is 4.68 Å². The van der Waals surface area contributed by atoms with Crippen molar-refractivity contribution in [2.75, 3.05) is 13.1 Å². The van der Waals surface area contributed by atoms with Gasteiger partial charge in [-0.2, -0.15) is 0 Å². The molecule has 2 heterocycles. The number of halogens is 1. The number of carbonyl (C=O) groups is 1. The van der Waals surface area contributed by atoms with Crippen LogP contribution in [0.3, 0.4) is 0 Å². The Kier molecular flexibility index (Phi) is 5.15. The quantitative estimate of drug-likeness (QED) is 0.651. The molecule has 0 bridgehead atoms. The molecule has 9 nitrogen and oxygen atoms in total. The molecule has 3 rings (SSSR count). The summed E-state index contributed by atoms with van der Waals surface area (Å²) in [6, 6.07) is 6.02. The zero-order valence-electron chi connectivity index (χ0n) is 13.0. The van der Waals surface area contributed by atoms with E-state index in [1.54, 1.807) is 24.0 Å². The molecule has 128 valence electrons. The van der Waals surface area contributed by atoms with Crippen LogP contribution in [0.5, 0.6) is 0 Å². The number of amides is 1. The van der Waals surface area contributed by atoms with E-state index in [2.05, 4.69) is 10.3 Å². The third-order valence-corrected chi connectivity index (χ3v) is 3.89. The lowest BCUT2D eigenvalue weighted by Gasteiger charge is -2.14. The second-order valence-electron chi connectivity index (χ2n) is 5.51. The molecule has 24 heavy (non-hydrogen) atoms. The molecular weight excluding hydrogens is 336 g/mol. The Morgan fingerprint density at radius 3 is 2.83 bits per heavy atom. The minimum absolute atomic E-state index is 0. The van der Waals surface area contributed by atoms with Crippen LogP contribution in [0.1, 0.15) is 22.6 Å². The van der Waals surface area contributed by atoms with E-state index in [1.807, 2.05) is 0 Å². The van der Waals surface area contributed by atoms with Gasteiger partial charge in [0.15, 0.2) is 5.69 Å². The van der Waals surface area contributed by atoms with Crippen LogP contribution < -0.4 is 5.73 Å². The van der Waals surface area contributed by atoms with Crippen molar-refractivity contribution in [1.82, 2.24) is 19.9 Å². The van der Waals surface area contributed by atoms with E-state index < -0.39 is 4.92 Å². The highest BCUT2D eigenvalue weighted by molar-refractivity contribution is 5.93. The van der Waals surface area contributed by atoms with Gasteiger partial charge in [0.05, 0.1) is 16.3 Å². The van der Waals surface area contributed by atoms with Crippen molar-refractivity contribution in [3.8, 4) is 5.69 Å². The number of benzene rings is 1. The molecule has 1 aromatic carbocycles. The maximum Gasteiger partial charge on any atom is 0.276 e. The Hall–Kier alpha value is -2.52. The standard InChI is InChI=1S/C14H16N6O3.ClH/c1-9-13(14(21)18-6-5-10(15)8-18)16-17-19(9)11-3-2-4-12(7-11)20(22)23;/h2-4,7,10H,5-6,8,15H2,1H3;1H/t10-;/m1./s1. The second kappa shape index (κ2) is 6.93. The fourth-order valence-corrected chi connectivity index (χ4v) is 2.63. The topological polar surface area (TPSA) is 120 Å². The Balaban J connectivity index is 0.00000208. The van der Waals surface area contributed by atoms with E-state index in [1.165, 1.54) is 16.8 Å². The van der Waals surface area contributed by atoms with Crippen LogP contribution in [0.25, 0.3) is 5.69 Å². The molecule has 2 N–H and O–H groups in total. The molecule has 1 saturated heterocycles. The summed E-state index contributed by atoms with van der Waals surface area (Å²) in [7, 11) is 0. The monoisotopic (exact) mass is 352 g/mol. The van der Waals surface area contributed by atoms with E-state index in [0.29, 0.717) is 24.5 Å². The third kappa shape index (κ3) is 3.22. The number of nitro benzene ring substituents is 1. The number of nitrogens with two attached hydrogens (primary N) is 1. The highest BCUT2D eigenvalue weighted by atomic mass is 35.5. The van der Waals surface area contributed by atoms with Gasteiger partial charge in [0.1, 0.15) is 0 Å². The van der Waals surface area contributed by atoms with Crippen molar-refractivity contribution in [2.45, 2.75) is 19.4 Å². The summed E-state index contributed by atoms with van der Waals surface area (Å²) in [6.45, 7) is 2.81. The number of likely N-dealkylation sites (tertiary alicyclic amines) is 1. The van der Waals surface area contributed by atoms with Gasteiger partial charge in [0.2, 0.25) is 0 Å². The maximum absolute atomic E-state index is 12.5. The van der Waals surface area contributed by atoms with Gasteiger partial charge in [0, 0.05) is 31.3 Å². The molecule has 1 aliphatic heterocycles. The number of nitrogens with zero attached hydrogens (tertiary/aromatic N) is 5. The van der Waals surface area contributed by atoms with Crippen LogP contribution in [-0.4, -0.2) is 49.9 Å².